The van der Waals surface area contributed by atoms with Crippen LogP contribution >= 0.6 is 11.3 Å². The maximum absolute atomic E-state index is 13.0. The Balaban J connectivity index is 1.39. The van der Waals surface area contributed by atoms with Crippen LogP contribution in [-0.4, -0.2) is 50.3 Å². The molecule has 0 spiro atoms. The van der Waals surface area contributed by atoms with Crippen molar-refractivity contribution in [1.29, 1.82) is 0 Å². The van der Waals surface area contributed by atoms with Crippen LogP contribution in [0.4, 0.5) is 5.69 Å². The van der Waals surface area contributed by atoms with Gasteiger partial charge in [-0.3, -0.25) is 24.4 Å². The topological polar surface area (TPSA) is 131 Å². The molecule has 2 fully saturated rings. The van der Waals surface area contributed by atoms with Crippen LogP contribution in [0, 0.1) is 0 Å². The normalized spacial score (nSPS) is 21.7. The molecule has 1 aromatic carbocycles. The van der Waals surface area contributed by atoms with Gasteiger partial charge >= 0.3 is 0 Å². The van der Waals surface area contributed by atoms with Crippen molar-refractivity contribution >= 4 is 44.8 Å². The Kier molecular flexibility index (Phi) is 5.24. The quantitative estimate of drug-likeness (QED) is 0.622. The Hall–Kier alpha value is -2.80. The SMILES string of the molecule is O=C1CCC(N2Cc3c(NS(=O)(=O)c4cc(C5OCCO5)cs4)cccc3C2=O)C(=O)N1. The summed E-state index contributed by atoms with van der Waals surface area (Å²) < 4.78 is 39.5. The van der Waals surface area contributed by atoms with E-state index in [1.165, 1.54) is 11.0 Å². The van der Waals surface area contributed by atoms with Gasteiger partial charge < -0.3 is 14.4 Å². The average Bonchev–Trinajstić information content (AvgIpc) is 3.49. The highest BCUT2D eigenvalue weighted by atomic mass is 32.2. The third kappa shape index (κ3) is 3.68. The number of anilines is 1. The van der Waals surface area contributed by atoms with E-state index in [-0.39, 0.29) is 41.1 Å². The van der Waals surface area contributed by atoms with E-state index in [0.29, 0.717) is 29.9 Å². The number of piperidine rings is 1. The van der Waals surface area contributed by atoms with Gasteiger partial charge in [-0.15, -0.1) is 11.3 Å². The Morgan fingerprint density at radius 2 is 1.94 bits per heavy atom. The van der Waals surface area contributed by atoms with Crippen molar-refractivity contribution < 1.29 is 32.3 Å². The molecule has 2 saturated heterocycles. The first-order chi connectivity index (χ1) is 15.3. The van der Waals surface area contributed by atoms with Gasteiger partial charge in [0.25, 0.3) is 15.9 Å². The fourth-order valence-corrected chi connectivity index (χ4v) is 6.31. The van der Waals surface area contributed by atoms with Gasteiger partial charge in [-0.2, -0.15) is 0 Å². The summed E-state index contributed by atoms with van der Waals surface area (Å²) in [6, 6.07) is 5.49. The van der Waals surface area contributed by atoms with Crippen molar-refractivity contribution in [2.75, 3.05) is 17.9 Å². The summed E-state index contributed by atoms with van der Waals surface area (Å²) in [6.45, 7) is 0.974. The molecular formula is C20H19N3O7S2. The van der Waals surface area contributed by atoms with E-state index in [0.717, 1.165) is 11.3 Å². The number of sulfonamides is 1. The zero-order chi connectivity index (χ0) is 22.5. The molecule has 0 radical (unpaired) electrons. The molecule has 3 amide bonds. The summed E-state index contributed by atoms with van der Waals surface area (Å²) in [7, 11) is -3.92. The van der Waals surface area contributed by atoms with Crippen molar-refractivity contribution in [3.63, 3.8) is 0 Å². The standard InChI is InChI=1S/C20H19N3O7S2/c24-16-5-4-15(18(25)21-16)23-9-13-12(19(23)26)2-1-3-14(13)22-32(27,28)17-8-11(10-31-17)20-29-6-7-30-20/h1-3,8,10,15,20,22H,4-7,9H2,(H,21,24,25). The van der Waals surface area contributed by atoms with Crippen LogP contribution in [0.5, 0.6) is 0 Å². The highest BCUT2D eigenvalue weighted by Crippen LogP contribution is 2.35. The van der Waals surface area contributed by atoms with E-state index < -0.39 is 28.3 Å². The number of hydrogen-bond donors (Lipinski definition) is 2. The number of amides is 3. The number of nitrogens with zero attached hydrogens (tertiary/aromatic N) is 1. The Morgan fingerprint density at radius 1 is 1.16 bits per heavy atom. The molecule has 12 heteroatoms. The predicted octanol–water partition coefficient (Wildman–Crippen LogP) is 1.36. The summed E-state index contributed by atoms with van der Waals surface area (Å²) in [6.07, 6.45) is -0.198. The van der Waals surface area contributed by atoms with Crippen LogP contribution in [0.1, 0.15) is 40.6 Å². The van der Waals surface area contributed by atoms with E-state index in [1.807, 2.05) is 0 Å². The van der Waals surface area contributed by atoms with Gasteiger partial charge in [0.1, 0.15) is 10.3 Å². The molecular weight excluding hydrogens is 458 g/mol. The lowest BCUT2D eigenvalue weighted by molar-refractivity contribution is -0.136. The number of ether oxygens (including phenoxy) is 2. The molecule has 2 aromatic rings. The van der Waals surface area contributed by atoms with E-state index in [4.69, 9.17) is 9.47 Å². The Morgan fingerprint density at radius 3 is 2.69 bits per heavy atom. The second-order valence-electron chi connectivity index (χ2n) is 7.61. The van der Waals surface area contributed by atoms with Crippen molar-refractivity contribution in [1.82, 2.24) is 10.2 Å². The lowest BCUT2D eigenvalue weighted by atomic mass is 10.0. The number of hydrogen-bond acceptors (Lipinski definition) is 8. The maximum Gasteiger partial charge on any atom is 0.271 e. The number of carbonyl (C=O) groups is 3. The summed E-state index contributed by atoms with van der Waals surface area (Å²) in [5, 5.41) is 3.93. The summed E-state index contributed by atoms with van der Waals surface area (Å²) in [5.74, 6) is -1.26. The maximum atomic E-state index is 13.0. The lowest BCUT2D eigenvalue weighted by Crippen LogP contribution is -2.52. The van der Waals surface area contributed by atoms with E-state index in [2.05, 4.69) is 10.0 Å². The van der Waals surface area contributed by atoms with Crippen LogP contribution < -0.4 is 10.0 Å². The number of carbonyl (C=O) groups excluding carboxylic acids is 3. The molecule has 2 N–H and O–H groups in total. The van der Waals surface area contributed by atoms with Crippen LogP contribution in [0.15, 0.2) is 33.9 Å². The molecule has 0 saturated carbocycles. The number of rotatable bonds is 5. The number of thiophene rings is 1. The van der Waals surface area contributed by atoms with E-state index >= 15 is 0 Å². The van der Waals surface area contributed by atoms with Gasteiger partial charge in [-0.05, 0) is 24.6 Å². The molecule has 1 unspecified atom stereocenters. The first-order valence-electron chi connectivity index (χ1n) is 9.94. The summed E-state index contributed by atoms with van der Waals surface area (Å²) in [4.78, 5) is 38.0. The van der Waals surface area contributed by atoms with Gasteiger partial charge in [0.05, 0.1) is 18.9 Å². The minimum atomic E-state index is -3.92. The minimum absolute atomic E-state index is 0.0680. The van der Waals surface area contributed by atoms with Gasteiger partial charge in [0, 0.05) is 35.0 Å². The molecule has 3 aliphatic heterocycles. The van der Waals surface area contributed by atoms with Crippen LogP contribution in [0.3, 0.4) is 0 Å². The zero-order valence-corrected chi connectivity index (χ0v) is 18.3. The molecule has 32 heavy (non-hydrogen) atoms. The molecule has 1 aromatic heterocycles. The van der Waals surface area contributed by atoms with Gasteiger partial charge in [-0.1, -0.05) is 6.07 Å². The molecule has 4 heterocycles. The third-order valence-electron chi connectivity index (χ3n) is 5.58. The largest absolute Gasteiger partial charge is 0.346 e. The highest BCUT2D eigenvalue weighted by molar-refractivity contribution is 7.94. The molecule has 5 rings (SSSR count). The Labute approximate surface area is 187 Å². The Bertz CT molecular complexity index is 1220. The highest BCUT2D eigenvalue weighted by Gasteiger charge is 2.40. The summed E-state index contributed by atoms with van der Waals surface area (Å²) in [5.41, 5.74) is 1.72. The average molecular weight is 478 g/mol. The van der Waals surface area contributed by atoms with Crippen LogP contribution in [0.25, 0.3) is 0 Å². The van der Waals surface area contributed by atoms with Gasteiger partial charge in [0.2, 0.25) is 11.8 Å². The second kappa shape index (κ2) is 7.96. The van der Waals surface area contributed by atoms with Crippen LogP contribution in [-0.2, 0) is 35.6 Å². The fourth-order valence-electron chi connectivity index (χ4n) is 4.02. The van der Waals surface area contributed by atoms with Crippen molar-refractivity contribution in [2.24, 2.45) is 0 Å². The zero-order valence-electron chi connectivity index (χ0n) is 16.7. The van der Waals surface area contributed by atoms with Crippen LogP contribution in [0.2, 0.25) is 0 Å². The monoisotopic (exact) mass is 477 g/mol. The number of fused-ring (bicyclic) bond motifs is 1. The number of imide groups is 1. The minimum Gasteiger partial charge on any atom is -0.346 e. The third-order valence-corrected chi connectivity index (χ3v) is 8.40. The molecule has 168 valence electrons. The van der Waals surface area contributed by atoms with E-state index in [1.54, 1.807) is 23.6 Å². The number of nitrogens with one attached hydrogen (secondary N) is 2. The smallest absolute Gasteiger partial charge is 0.271 e. The van der Waals surface area contributed by atoms with Gasteiger partial charge in [0.15, 0.2) is 6.29 Å². The van der Waals surface area contributed by atoms with E-state index in [9.17, 15) is 22.8 Å². The van der Waals surface area contributed by atoms with Gasteiger partial charge in [-0.25, -0.2) is 8.42 Å². The van der Waals surface area contributed by atoms with Crippen molar-refractivity contribution in [3.8, 4) is 0 Å². The van der Waals surface area contributed by atoms with Crippen molar-refractivity contribution in [2.45, 2.75) is 35.9 Å². The second-order valence-corrected chi connectivity index (χ2v) is 10.4. The fraction of sp³-hybridized carbons (Fsp3) is 0.350. The van der Waals surface area contributed by atoms with Crippen molar-refractivity contribution in [3.05, 3.63) is 46.3 Å². The first-order valence-corrected chi connectivity index (χ1v) is 12.3. The molecule has 10 nitrogen and oxygen atoms in total. The molecule has 0 aliphatic carbocycles. The molecule has 1 atom stereocenters. The molecule has 3 aliphatic rings. The predicted molar refractivity (Wildman–Crippen MR) is 112 cm³/mol. The summed E-state index contributed by atoms with van der Waals surface area (Å²) >= 11 is 1.05. The molecule has 0 bridgehead atoms. The first kappa shape index (κ1) is 21.1. The lowest BCUT2D eigenvalue weighted by Gasteiger charge is -2.29. The number of benzene rings is 1.